The summed E-state index contributed by atoms with van der Waals surface area (Å²) in [7, 11) is 0. The number of rotatable bonds is 6. The molecule has 0 aliphatic heterocycles. The Morgan fingerprint density at radius 1 is 1.08 bits per heavy atom. The van der Waals surface area contributed by atoms with Gasteiger partial charge in [0.1, 0.15) is 5.82 Å². The number of carbonyl (C=O) groups excluding carboxylic acids is 1. The fourth-order valence-electron chi connectivity index (χ4n) is 3.53. The first-order valence-electron chi connectivity index (χ1n) is 11.4. The van der Waals surface area contributed by atoms with Crippen LogP contribution in [0.15, 0.2) is 69.0 Å². The highest BCUT2D eigenvalue weighted by Gasteiger charge is 2.23. The summed E-state index contributed by atoms with van der Waals surface area (Å²) in [5.74, 6) is 0.258. The first-order chi connectivity index (χ1) is 17.9. The fourth-order valence-corrected chi connectivity index (χ4v) is 4.63. The molecule has 1 amide bonds. The summed E-state index contributed by atoms with van der Waals surface area (Å²) >= 11 is 22.1. The van der Waals surface area contributed by atoms with Gasteiger partial charge in [0, 0.05) is 20.6 Å². The van der Waals surface area contributed by atoms with Crippen LogP contribution in [0, 0.1) is 0 Å². The number of fused-ring (bicyclic) bond motifs is 1. The van der Waals surface area contributed by atoms with Crippen molar-refractivity contribution in [1.29, 1.82) is 0 Å². The molecule has 0 unspecified atom stereocenters. The third-order valence-corrected chi connectivity index (χ3v) is 6.60. The van der Waals surface area contributed by atoms with Gasteiger partial charge in [0.2, 0.25) is 0 Å². The normalized spacial score (nSPS) is 11.8. The van der Waals surface area contributed by atoms with Gasteiger partial charge in [-0.2, -0.15) is 9.78 Å². The van der Waals surface area contributed by atoms with Gasteiger partial charge in [-0.15, -0.1) is 0 Å². The molecule has 7 nitrogen and oxygen atoms in total. The lowest BCUT2D eigenvalue weighted by Gasteiger charge is -2.20. The molecule has 0 atom stereocenters. The SMILES string of the molecule is CC(C)(C)c1nc2ccc(Br)cc2c(=O)n1N=Cc1cc(Cl)c(OCC(=O)Nc2ccc(Cl)cc2)c(Cl)c1. The average molecular weight is 637 g/mol. The molecule has 4 aromatic rings. The molecule has 196 valence electrons. The minimum atomic E-state index is -0.461. The lowest BCUT2D eigenvalue weighted by molar-refractivity contribution is -0.118. The Labute approximate surface area is 242 Å². The number of nitrogens with one attached hydrogen (secondary N) is 1. The van der Waals surface area contributed by atoms with Gasteiger partial charge in [-0.05, 0) is 60.2 Å². The van der Waals surface area contributed by atoms with Gasteiger partial charge in [-0.3, -0.25) is 9.59 Å². The van der Waals surface area contributed by atoms with E-state index in [1.165, 1.54) is 10.9 Å². The van der Waals surface area contributed by atoms with Gasteiger partial charge < -0.3 is 10.1 Å². The lowest BCUT2D eigenvalue weighted by atomic mass is 9.95. The third kappa shape index (κ3) is 6.56. The molecule has 3 aromatic carbocycles. The summed E-state index contributed by atoms with van der Waals surface area (Å²) < 4.78 is 7.61. The van der Waals surface area contributed by atoms with Gasteiger partial charge >= 0.3 is 0 Å². The molecule has 1 N–H and O–H groups in total. The van der Waals surface area contributed by atoms with E-state index in [1.54, 1.807) is 48.5 Å². The largest absolute Gasteiger partial charge is 0.481 e. The van der Waals surface area contributed by atoms with Gasteiger partial charge in [0.05, 0.1) is 27.2 Å². The third-order valence-electron chi connectivity index (χ3n) is 5.30. The van der Waals surface area contributed by atoms with Gasteiger partial charge in [-0.25, -0.2) is 4.98 Å². The Bertz CT molecular complexity index is 1590. The van der Waals surface area contributed by atoms with Crippen LogP contribution in [0.1, 0.15) is 32.2 Å². The highest BCUT2D eigenvalue weighted by atomic mass is 79.9. The van der Waals surface area contributed by atoms with E-state index < -0.39 is 11.3 Å². The molecule has 0 bridgehead atoms. The summed E-state index contributed by atoms with van der Waals surface area (Å²) in [5, 5.41) is 8.48. The molecule has 0 spiro atoms. The molecule has 0 aliphatic rings. The zero-order valence-corrected chi connectivity index (χ0v) is 24.4. The predicted molar refractivity (Wildman–Crippen MR) is 157 cm³/mol. The molecule has 0 fully saturated rings. The average Bonchev–Trinajstić information content (AvgIpc) is 2.84. The molecule has 0 saturated carbocycles. The van der Waals surface area contributed by atoms with Crippen LogP contribution < -0.4 is 15.6 Å². The molecular weight excluding hydrogens is 615 g/mol. The minimum Gasteiger partial charge on any atom is -0.481 e. The minimum absolute atomic E-state index is 0.154. The number of amides is 1. The maximum atomic E-state index is 13.3. The number of ether oxygens (including phenoxy) is 1. The Morgan fingerprint density at radius 3 is 2.37 bits per heavy atom. The Kier molecular flexibility index (Phi) is 8.47. The number of benzene rings is 3. The Hall–Kier alpha value is -2.91. The van der Waals surface area contributed by atoms with E-state index in [1.807, 2.05) is 26.8 Å². The smallest absolute Gasteiger partial charge is 0.282 e. The molecule has 1 aromatic heterocycles. The van der Waals surface area contributed by atoms with E-state index in [-0.39, 0.29) is 28.0 Å². The molecule has 0 radical (unpaired) electrons. The number of hydrogen-bond donors (Lipinski definition) is 1. The van der Waals surface area contributed by atoms with Crippen LogP contribution in [0.3, 0.4) is 0 Å². The second-order valence-electron chi connectivity index (χ2n) is 9.37. The lowest BCUT2D eigenvalue weighted by Crippen LogP contribution is -2.29. The number of carbonyl (C=O) groups is 1. The molecule has 38 heavy (non-hydrogen) atoms. The highest BCUT2D eigenvalue weighted by molar-refractivity contribution is 9.10. The van der Waals surface area contributed by atoms with Gasteiger partial charge in [0.25, 0.3) is 11.5 Å². The Balaban J connectivity index is 1.58. The van der Waals surface area contributed by atoms with E-state index in [0.29, 0.717) is 33.0 Å². The first-order valence-corrected chi connectivity index (χ1v) is 13.3. The molecule has 1 heterocycles. The molecule has 11 heteroatoms. The number of hydrogen-bond acceptors (Lipinski definition) is 5. The van der Waals surface area contributed by atoms with Crippen molar-refractivity contribution < 1.29 is 9.53 Å². The van der Waals surface area contributed by atoms with Crippen LogP contribution in [0.2, 0.25) is 15.1 Å². The molecule has 0 saturated heterocycles. The van der Waals surface area contributed by atoms with Crippen LogP contribution in [-0.4, -0.2) is 28.4 Å². The molecule has 4 rings (SSSR count). The summed E-state index contributed by atoms with van der Waals surface area (Å²) in [5.41, 5.74) is 0.923. The van der Waals surface area contributed by atoms with Crippen LogP contribution in [0.5, 0.6) is 5.75 Å². The van der Waals surface area contributed by atoms with E-state index in [2.05, 4.69) is 26.3 Å². The second-order valence-corrected chi connectivity index (χ2v) is 11.5. The standard InChI is InChI=1S/C27H22BrCl3N4O3/c1-27(2,3)26-34-22-9-4-16(28)12-19(22)25(37)35(26)32-13-15-10-20(30)24(21(31)11-15)38-14-23(36)33-18-7-5-17(29)6-8-18/h4-13H,14H2,1-3H3,(H,33,36). The van der Waals surface area contributed by atoms with Crippen LogP contribution >= 0.6 is 50.7 Å². The summed E-state index contributed by atoms with van der Waals surface area (Å²) in [6.07, 6.45) is 1.47. The van der Waals surface area contributed by atoms with Gasteiger partial charge in [-0.1, -0.05) is 71.5 Å². The van der Waals surface area contributed by atoms with Crippen LogP contribution in [0.25, 0.3) is 10.9 Å². The van der Waals surface area contributed by atoms with Crippen molar-refractivity contribution in [3.63, 3.8) is 0 Å². The van der Waals surface area contributed by atoms with Crippen molar-refractivity contribution in [2.24, 2.45) is 5.10 Å². The number of halogens is 4. The summed E-state index contributed by atoms with van der Waals surface area (Å²) in [4.78, 5) is 30.3. The quantitative estimate of drug-likeness (QED) is 0.225. The van der Waals surface area contributed by atoms with Crippen molar-refractivity contribution in [2.75, 3.05) is 11.9 Å². The number of aromatic nitrogens is 2. The topological polar surface area (TPSA) is 85.6 Å². The summed E-state index contributed by atoms with van der Waals surface area (Å²) in [6, 6.07) is 15.2. The summed E-state index contributed by atoms with van der Waals surface area (Å²) in [6.45, 7) is 5.55. The maximum absolute atomic E-state index is 13.3. The maximum Gasteiger partial charge on any atom is 0.282 e. The van der Waals surface area contributed by atoms with Crippen LogP contribution in [0.4, 0.5) is 5.69 Å². The zero-order chi connectivity index (χ0) is 27.6. The first kappa shape index (κ1) is 28.1. The van der Waals surface area contributed by atoms with Gasteiger partial charge in [0.15, 0.2) is 12.4 Å². The predicted octanol–water partition coefficient (Wildman–Crippen LogP) is 7.32. The van der Waals surface area contributed by atoms with Crippen LogP contribution in [-0.2, 0) is 10.2 Å². The highest BCUT2D eigenvalue weighted by Crippen LogP contribution is 2.34. The van der Waals surface area contributed by atoms with Crippen molar-refractivity contribution in [1.82, 2.24) is 9.66 Å². The Morgan fingerprint density at radius 2 is 1.74 bits per heavy atom. The van der Waals surface area contributed by atoms with E-state index in [9.17, 15) is 9.59 Å². The molecule has 0 aliphatic carbocycles. The van der Waals surface area contributed by atoms with Crippen molar-refractivity contribution >= 4 is 79.4 Å². The second kappa shape index (κ2) is 11.5. The fraction of sp³-hybridized carbons (Fsp3) is 0.185. The van der Waals surface area contributed by atoms with Crippen molar-refractivity contribution in [3.8, 4) is 5.75 Å². The number of anilines is 1. The van der Waals surface area contributed by atoms with Crippen molar-refractivity contribution in [2.45, 2.75) is 26.2 Å². The molecular formula is C27H22BrCl3N4O3. The van der Waals surface area contributed by atoms with E-state index >= 15 is 0 Å². The monoisotopic (exact) mass is 634 g/mol. The van der Waals surface area contributed by atoms with E-state index in [0.717, 1.165) is 4.47 Å². The van der Waals surface area contributed by atoms with E-state index in [4.69, 9.17) is 44.5 Å². The van der Waals surface area contributed by atoms with Crippen molar-refractivity contribution in [3.05, 3.63) is 95.9 Å². The zero-order valence-electron chi connectivity index (χ0n) is 20.6. The number of nitrogens with zero attached hydrogens (tertiary/aromatic N) is 3.